The highest BCUT2D eigenvalue weighted by molar-refractivity contribution is 5.79. The number of hydrogen-bond donors (Lipinski definition) is 0. The molecular weight excluding hydrogens is 274 g/mol. The van der Waals surface area contributed by atoms with Gasteiger partial charge >= 0.3 is 5.97 Å². The summed E-state index contributed by atoms with van der Waals surface area (Å²) in [5.74, 6) is -1.27. The number of carbonyl (C=O) groups is 1. The minimum Gasteiger partial charge on any atom is -0.467 e. The van der Waals surface area contributed by atoms with E-state index >= 15 is 0 Å². The van der Waals surface area contributed by atoms with Crippen LogP contribution in [0.25, 0.3) is 0 Å². The summed E-state index contributed by atoms with van der Waals surface area (Å²) in [6.07, 6.45) is 1.46. The Bertz CT molecular complexity index is 502. The second kappa shape index (κ2) is 7.98. The number of nitro groups is 1. The molecular formula is C14H19N3O4. The first-order valence-electron chi connectivity index (χ1n) is 6.40. The molecule has 0 saturated heterocycles. The molecule has 2 unspecified atom stereocenters. The van der Waals surface area contributed by atoms with E-state index in [-0.39, 0.29) is 0 Å². The first-order valence-corrected chi connectivity index (χ1v) is 6.40. The molecule has 0 saturated carbocycles. The molecule has 0 spiro atoms. The Balaban J connectivity index is 3.16. The number of hydrogen-bond acceptors (Lipinski definition) is 5. The standard InChI is InChI=1S/C14H19N3O4/c1-16(2)10-15-13(14(18)21-3)12(9-17(19)20)11-7-5-4-6-8-11/h4-8,10,12-13H,9H2,1-3H3. The second-order valence-electron chi connectivity index (χ2n) is 4.73. The monoisotopic (exact) mass is 293 g/mol. The SMILES string of the molecule is COC(=O)C(N=CN(C)C)C(C[N+](=O)[O-])c1ccccc1. The second-order valence-corrected chi connectivity index (χ2v) is 4.73. The van der Waals surface area contributed by atoms with Gasteiger partial charge in [-0.1, -0.05) is 30.3 Å². The molecule has 1 aromatic carbocycles. The van der Waals surface area contributed by atoms with E-state index < -0.39 is 29.4 Å². The molecule has 1 aromatic rings. The van der Waals surface area contributed by atoms with E-state index in [9.17, 15) is 14.9 Å². The Morgan fingerprint density at radius 3 is 2.52 bits per heavy atom. The normalized spacial score (nSPS) is 13.7. The van der Waals surface area contributed by atoms with Crippen LogP contribution in [0.4, 0.5) is 0 Å². The zero-order valence-electron chi connectivity index (χ0n) is 12.3. The number of carbonyl (C=O) groups excluding carboxylic acids is 1. The highest BCUT2D eigenvalue weighted by Gasteiger charge is 2.33. The van der Waals surface area contributed by atoms with Gasteiger partial charge in [-0.2, -0.15) is 0 Å². The zero-order valence-corrected chi connectivity index (χ0v) is 12.3. The minimum absolute atomic E-state index is 0.394. The largest absolute Gasteiger partial charge is 0.467 e. The van der Waals surface area contributed by atoms with E-state index in [1.165, 1.54) is 13.4 Å². The summed E-state index contributed by atoms with van der Waals surface area (Å²) in [4.78, 5) is 28.2. The van der Waals surface area contributed by atoms with Crippen molar-refractivity contribution in [1.29, 1.82) is 0 Å². The molecule has 0 radical (unpaired) electrons. The predicted molar refractivity (Wildman–Crippen MR) is 79.0 cm³/mol. The maximum Gasteiger partial charge on any atom is 0.331 e. The first-order chi connectivity index (χ1) is 9.95. The van der Waals surface area contributed by atoms with Gasteiger partial charge in [0.2, 0.25) is 6.54 Å². The number of benzene rings is 1. The van der Waals surface area contributed by atoms with Gasteiger partial charge in [-0.25, -0.2) is 4.79 Å². The Morgan fingerprint density at radius 1 is 1.43 bits per heavy atom. The lowest BCUT2D eigenvalue weighted by molar-refractivity contribution is -0.483. The summed E-state index contributed by atoms with van der Waals surface area (Å²) in [6, 6.07) is 7.89. The fraction of sp³-hybridized carbons (Fsp3) is 0.429. The lowest BCUT2D eigenvalue weighted by Gasteiger charge is -2.20. The number of aliphatic imine (C=N–C) groups is 1. The lowest BCUT2D eigenvalue weighted by Crippen LogP contribution is -2.33. The molecule has 0 aliphatic heterocycles. The van der Waals surface area contributed by atoms with Crippen LogP contribution in [0, 0.1) is 10.1 Å². The third-order valence-electron chi connectivity index (χ3n) is 2.86. The summed E-state index contributed by atoms with van der Waals surface area (Å²) in [7, 11) is 4.75. The topological polar surface area (TPSA) is 85.0 Å². The van der Waals surface area contributed by atoms with Gasteiger partial charge in [0, 0.05) is 19.0 Å². The van der Waals surface area contributed by atoms with Crippen LogP contribution in [-0.2, 0) is 9.53 Å². The van der Waals surface area contributed by atoms with E-state index in [0.717, 1.165) is 0 Å². The molecule has 1 rings (SSSR count). The molecule has 0 N–H and O–H groups in total. The van der Waals surface area contributed by atoms with Crippen LogP contribution in [-0.4, -0.2) is 55.9 Å². The van der Waals surface area contributed by atoms with Gasteiger partial charge in [-0.05, 0) is 5.56 Å². The highest BCUT2D eigenvalue weighted by atomic mass is 16.6. The Kier molecular flexibility index (Phi) is 6.32. The fourth-order valence-electron chi connectivity index (χ4n) is 1.90. The van der Waals surface area contributed by atoms with Gasteiger partial charge in [-0.15, -0.1) is 0 Å². The third kappa shape index (κ3) is 5.21. The predicted octanol–water partition coefficient (Wildman–Crippen LogP) is 1.18. The Morgan fingerprint density at radius 2 is 2.05 bits per heavy atom. The average molecular weight is 293 g/mol. The van der Waals surface area contributed by atoms with Crippen LogP contribution in [0.5, 0.6) is 0 Å². The van der Waals surface area contributed by atoms with Gasteiger partial charge in [0.15, 0.2) is 6.04 Å². The van der Waals surface area contributed by atoms with E-state index in [4.69, 9.17) is 4.74 Å². The first kappa shape index (κ1) is 16.6. The zero-order chi connectivity index (χ0) is 15.8. The molecule has 0 bridgehead atoms. The molecule has 0 aliphatic rings. The maximum atomic E-state index is 11.9. The average Bonchev–Trinajstić information content (AvgIpc) is 2.46. The smallest absolute Gasteiger partial charge is 0.331 e. The van der Waals surface area contributed by atoms with Crippen molar-refractivity contribution in [3.63, 3.8) is 0 Å². The number of esters is 1. The van der Waals surface area contributed by atoms with Gasteiger partial charge in [0.1, 0.15) is 0 Å². The van der Waals surface area contributed by atoms with Gasteiger partial charge in [-0.3, -0.25) is 15.1 Å². The molecule has 0 aliphatic carbocycles. The third-order valence-corrected chi connectivity index (χ3v) is 2.86. The lowest BCUT2D eigenvalue weighted by atomic mass is 9.91. The highest BCUT2D eigenvalue weighted by Crippen LogP contribution is 2.23. The Hall–Kier alpha value is -2.44. The minimum atomic E-state index is -0.954. The van der Waals surface area contributed by atoms with Crippen molar-refractivity contribution in [2.45, 2.75) is 12.0 Å². The van der Waals surface area contributed by atoms with E-state index in [0.29, 0.717) is 5.56 Å². The molecule has 7 heteroatoms. The van der Waals surface area contributed by atoms with E-state index in [2.05, 4.69) is 4.99 Å². The van der Waals surface area contributed by atoms with Crippen molar-refractivity contribution < 1.29 is 14.5 Å². The van der Waals surface area contributed by atoms with Crippen molar-refractivity contribution in [2.75, 3.05) is 27.7 Å². The number of ether oxygens (including phenoxy) is 1. The van der Waals surface area contributed by atoms with Gasteiger partial charge in [0.25, 0.3) is 0 Å². The van der Waals surface area contributed by atoms with E-state index in [1.54, 1.807) is 43.3 Å². The molecule has 0 aromatic heterocycles. The molecule has 7 nitrogen and oxygen atoms in total. The molecule has 21 heavy (non-hydrogen) atoms. The van der Waals surface area contributed by atoms with Crippen LogP contribution < -0.4 is 0 Å². The summed E-state index contributed by atoms with van der Waals surface area (Å²) < 4.78 is 4.73. The Labute approximate surface area is 123 Å². The van der Waals surface area contributed by atoms with Gasteiger partial charge in [0.05, 0.1) is 19.4 Å². The number of methoxy groups -OCH3 is 1. The molecule has 0 fully saturated rings. The fourth-order valence-corrected chi connectivity index (χ4v) is 1.90. The van der Waals surface area contributed by atoms with E-state index in [1.807, 2.05) is 6.07 Å². The number of nitrogens with zero attached hydrogens (tertiary/aromatic N) is 3. The summed E-state index contributed by atoms with van der Waals surface area (Å²) in [5.41, 5.74) is 0.681. The quantitative estimate of drug-likeness (QED) is 0.248. The van der Waals surface area contributed by atoms with Crippen LogP contribution in [0.1, 0.15) is 11.5 Å². The number of rotatable bonds is 7. The van der Waals surface area contributed by atoms with Crippen LogP contribution in [0.15, 0.2) is 35.3 Å². The molecule has 0 heterocycles. The summed E-state index contributed by atoms with van der Waals surface area (Å²) in [6.45, 7) is -0.394. The van der Waals surface area contributed by atoms with Crippen LogP contribution in [0.2, 0.25) is 0 Å². The van der Waals surface area contributed by atoms with Crippen molar-refractivity contribution in [3.05, 3.63) is 46.0 Å². The van der Waals surface area contributed by atoms with Crippen LogP contribution in [0.3, 0.4) is 0 Å². The van der Waals surface area contributed by atoms with Crippen molar-refractivity contribution >= 4 is 12.3 Å². The molecule has 2 atom stereocenters. The summed E-state index contributed by atoms with van der Waals surface area (Å²) in [5, 5.41) is 10.9. The van der Waals surface area contributed by atoms with Crippen LogP contribution >= 0.6 is 0 Å². The van der Waals surface area contributed by atoms with Gasteiger partial charge < -0.3 is 9.64 Å². The molecule has 0 amide bonds. The van der Waals surface area contributed by atoms with Crippen molar-refractivity contribution in [2.24, 2.45) is 4.99 Å². The molecule has 114 valence electrons. The van der Waals surface area contributed by atoms with Crippen molar-refractivity contribution in [1.82, 2.24) is 4.90 Å². The maximum absolute atomic E-state index is 11.9. The summed E-state index contributed by atoms with van der Waals surface area (Å²) >= 11 is 0. The van der Waals surface area contributed by atoms with Crippen molar-refractivity contribution in [3.8, 4) is 0 Å².